The summed E-state index contributed by atoms with van der Waals surface area (Å²) in [5, 5.41) is 10.2. The Labute approximate surface area is 268 Å². The van der Waals surface area contributed by atoms with Gasteiger partial charge in [-0.15, -0.1) is 0 Å². The average molecular weight is 631 g/mol. The topological polar surface area (TPSA) is 75.6 Å². The Bertz CT molecular complexity index is 1110. The third-order valence-electron chi connectivity index (χ3n) is 8.84. The molecule has 0 heterocycles. The highest BCUT2D eigenvalue weighted by atomic mass is 28.4. The van der Waals surface area contributed by atoms with E-state index in [4.69, 9.17) is 28.1 Å². The van der Waals surface area contributed by atoms with E-state index >= 15 is 0 Å². The number of hydrogen-bond donors (Lipinski definition) is 1. The van der Waals surface area contributed by atoms with Crippen molar-refractivity contribution >= 4 is 8.32 Å². The minimum atomic E-state index is -1.96. The van der Waals surface area contributed by atoms with Gasteiger partial charge in [-0.25, -0.2) is 0 Å². The predicted octanol–water partition coefficient (Wildman–Crippen LogP) is 7.81. The first-order valence-electron chi connectivity index (χ1n) is 15.7. The van der Waals surface area contributed by atoms with E-state index in [0.29, 0.717) is 26.2 Å². The van der Waals surface area contributed by atoms with Crippen molar-refractivity contribution in [2.24, 2.45) is 11.8 Å². The summed E-state index contributed by atoms with van der Waals surface area (Å²) in [5.74, 6) is 1.57. The molecule has 7 nitrogen and oxygen atoms in total. The summed E-state index contributed by atoms with van der Waals surface area (Å²) in [6.45, 7) is 19.0. The molecule has 1 N–H and O–H groups in total. The van der Waals surface area contributed by atoms with Crippen LogP contribution in [-0.4, -0.2) is 66.3 Å². The van der Waals surface area contributed by atoms with Crippen LogP contribution in [0.4, 0.5) is 0 Å². The van der Waals surface area contributed by atoms with Gasteiger partial charge in [0.15, 0.2) is 8.32 Å². The van der Waals surface area contributed by atoms with Gasteiger partial charge in [0.05, 0.1) is 52.4 Å². The molecule has 0 amide bonds. The lowest BCUT2D eigenvalue weighted by Gasteiger charge is -2.37. The summed E-state index contributed by atoms with van der Waals surface area (Å²) in [6, 6.07) is 15.8. The van der Waals surface area contributed by atoms with Crippen molar-refractivity contribution in [3.8, 4) is 11.5 Å². The lowest BCUT2D eigenvalue weighted by Crippen LogP contribution is -2.43. The Morgan fingerprint density at radius 2 is 1.34 bits per heavy atom. The van der Waals surface area contributed by atoms with Crippen LogP contribution in [0.2, 0.25) is 18.1 Å². The van der Waals surface area contributed by atoms with Gasteiger partial charge in [0.2, 0.25) is 0 Å². The molecule has 0 aliphatic rings. The first kappa shape index (κ1) is 38.0. The summed E-state index contributed by atoms with van der Waals surface area (Å²) in [4.78, 5) is 0. The van der Waals surface area contributed by atoms with Crippen molar-refractivity contribution in [1.29, 1.82) is 0 Å². The van der Waals surface area contributed by atoms with Gasteiger partial charge in [-0.3, -0.25) is 0 Å². The van der Waals surface area contributed by atoms with Crippen LogP contribution >= 0.6 is 0 Å². The Balaban J connectivity index is 2.18. The molecule has 0 saturated carbocycles. The van der Waals surface area contributed by atoms with Crippen LogP contribution in [0.1, 0.15) is 59.1 Å². The van der Waals surface area contributed by atoms with Crippen LogP contribution in [0.15, 0.2) is 60.2 Å². The van der Waals surface area contributed by atoms with E-state index in [1.807, 2.05) is 55.5 Å². The molecule has 0 unspecified atom stereocenters. The maximum Gasteiger partial charge on any atom is 0.192 e. The molecule has 5 atom stereocenters. The highest BCUT2D eigenvalue weighted by Crippen LogP contribution is 2.37. The third kappa shape index (κ3) is 12.0. The second-order valence-corrected chi connectivity index (χ2v) is 18.2. The fourth-order valence-corrected chi connectivity index (χ4v) is 5.84. The Kier molecular flexibility index (Phi) is 15.6. The monoisotopic (exact) mass is 630 g/mol. The van der Waals surface area contributed by atoms with Crippen LogP contribution in [-0.2, 0) is 31.9 Å². The van der Waals surface area contributed by atoms with Crippen molar-refractivity contribution in [2.45, 2.75) is 97.6 Å². The normalized spacial score (nSPS) is 16.2. The summed E-state index contributed by atoms with van der Waals surface area (Å²) in [5.41, 5.74) is 3.29. The highest BCUT2D eigenvalue weighted by Gasteiger charge is 2.38. The Morgan fingerprint density at radius 3 is 1.77 bits per heavy atom. The quantitative estimate of drug-likeness (QED) is 0.125. The van der Waals surface area contributed by atoms with E-state index < -0.39 is 8.32 Å². The van der Waals surface area contributed by atoms with Gasteiger partial charge in [0, 0.05) is 25.6 Å². The van der Waals surface area contributed by atoms with Gasteiger partial charge >= 0.3 is 0 Å². The maximum atomic E-state index is 10.1. The first-order valence-corrected chi connectivity index (χ1v) is 18.6. The van der Waals surface area contributed by atoms with E-state index in [2.05, 4.69) is 53.8 Å². The molecule has 2 aromatic rings. The lowest BCUT2D eigenvalue weighted by molar-refractivity contribution is -0.0727. The Morgan fingerprint density at radius 1 is 0.841 bits per heavy atom. The molecule has 2 aromatic carbocycles. The van der Waals surface area contributed by atoms with Crippen LogP contribution < -0.4 is 9.47 Å². The molecule has 8 heteroatoms. The largest absolute Gasteiger partial charge is 0.497 e. The minimum absolute atomic E-state index is 0.00232. The molecule has 0 bridgehead atoms. The maximum absolute atomic E-state index is 10.1. The van der Waals surface area contributed by atoms with Crippen molar-refractivity contribution in [1.82, 2.24) is 0 Å². The smallest absolute Gasteiger partial charge is 0.192 e. The van der Waals surface area contributed by atoms with Crippen LogP contribution in [0, 0.1) is 11.8 Å². The van der Waals surface area contributed by atoms with Gasteiger partial charge < -0.3 is 33.2 Å². The molecular weight excluding hydrogens is 572 g/mol. The summed E-state index contributed by atoms with van der Waals surface area (Å²) in [6.07, 6.45) is 2.36. The number of methoxy groups -OCH3 is 3. The number of aliphatic hydroxyl groups is 1. The lowest BCUT2D eigenvalue weighted by atomic mass is 9.88. The second-order valence-electron chi connectivity index (χ2n) is 13.4. The summed E-state index contributed by atoms with van der Waals surface area (Å²) < 4.78 is 36.1. The molecular formula is C36H58O7Si. The zero-order chi connectivity index (χ0) is 32.9. The van der Waals surface area contributed by atoms with E-state index in [-0.39, 0.29) is 41.8 Å². The molecule has 2 rings (SSSR count). The zero-order valence-electron chi connectivity index (χ0n) is 29.0. The van der Waals surface area contributed by atoms with Crippen LogP contribution in [0.3, 0.4) is 0 Å². The second kappa shape index (κ2) is 18.1. The van der Waals surface area contributed by atoms with Crippen molar-refractivity contribution in [3.63, 3.8) is 0 Å². The molecule has 44 heavy (non-hydrogen) atoms. The number of aliphatic hydroxyl groups excluding tert-OH is 1. The predicted molar refractivity (Wildman–Crippen MR) is 181 cm³/mol. The van der Waals surface area contributed by atoms with Crippen molar-refractivity contribution in [2.75, 3.05) is 34.5 Å². The molecule has 0 fully saturated rings. The van der Waals surface area contributed by atoms with E-state index in [1.54, 1.807) is 21.3 Å². The molecule has 0 aliphatic heterocycles. The van der Waals surface area contributed by atoms with E-state index in [1.165, 1.54) is 0 Å². The van der Waals surface area contributed by atoms with Gasteiger partial charge in [-0.2, -0.15) is 0 Å². The van der Waals surface area contributed by atoms with E-state index in [9.17, 15) is 5.11 Å². The Hall–Kier alpha value is -2.20. The summed E-state index contributed by atoms with van der Waals surface area (Å²) in [7, 11) is 3.10. The van der Waals surface area contributed by atoms with Crippen molar-refractivity contribution in [3.05, 3.63) is 71.3 Å². The fraction of sp³-hybridized carbons (Fsp3) is 0.611. The SMILES string of the molecule is COc1ccc(CO[C@@H](CO[Si](C)(C)C(C)(C)C)C/C(C)=C/[C@@H](OC)[C@@H](C)[C@H](OCc2ccc(OC)cc2)[C@@H](C)CO)cc1. The van der Waals surface area contributed by atoms with Gasteiger partial charge in [-0.05, 0) is 66.9 Å². The van der Waals surface area contributed by atoms with Crippen molar-refractivity contribution < 1.29 is 33.2 Å². The van der Waals surface area contributed by atoms with Gasteiger partial charge in [-0.1, -0.05) is 70.5 Å². The first-order chi connectivity index (χ1) is 20.7. The molecule has 0 spiro atoms. The molecule has 0 saturated heterocycles. The van der Waals surface area contributed by atoms with Gasteiger partial charge in [0.1, 0.15) is 11.5 Å². The number of benzene rings is 2. The minimum Gasteiger partial charge on any atom is -0.497 e. The number of hydrogen-bond acceptors (Lipinski definition) is 7. The van der Waals surface area contributed by atoms with Crippen LogP contribution in [0.5, 0.6) is 11.5 Å². The number of ether oxygens (including phenoxy) is 5. The standard InChI is InChI=1S/C36H58O7Si/c1-26(20-33(25-43-44(10,11)36(4,5)6)41-23-29-12-16-31(38-7)17-13-29)21-34(40-9)28(3)35(27(2)22-37)42-24-30-14-18-32(39-8)19-15-30/h12-19,21,27-28,33-35,37H,20,22-25H2,1-11H3/b26-21+/t27-,28+,33+,34+,35+/m0/s1. The highest BCUT2D eigenvalue weighted by molar-refractivity contribution is 6.74. The fourth-order valence-electron chi connectivity index (χ4n) is 4.80. The number of rotatable bonds is 19. The van der Waals surface area contributed by atoms with Gasteiger partial charge in [0.25, 0.3) is 0 Å². The third-order valence-corrected chi connectivity index (χ3v) is 13.3. The molecule has 0 aromatic heterocycles. The summed E-state index contributed by atoms with van der Waals surface area (Å²) >= 11 is 0. The average Bonchev–Trinajstić information content (AvgIpc) is 3.00. The van der Waals surface area contributed by atoms with E-state index in [0.717, 1.165) is 28.2 Å². The zero-order valence-corrected chi connectivity index (χ0v) is 30.0. The molecule has 248 valence electrons. The molecule has 0 radical (unpaired) electrons. The molecule has 0 aliphatic carbocycles. The van der Waals surface area contributed by atoms with Crippen LogP contribution in [0.25, 0.3) is 0 Å².